The van der Waals surface area contributed by atoms with Crippen molar-refractivity contribution in [3.63, 3.8) is 0 Å². The predicted octanol–water partition coefficient (Wildman–Crippen LogP) is 9.12. The average molecular weight is 483 g/mol. The van der Waals surface area contributed by atoms with Crippen molar-refractivity contribution in [1.82, 2.24) is 0 Å². The predicted molar refractivity (Wildman–Crippen MR) is 151 cm³/mol. The van der Waals surface area contributed by atoms with Crippen LogP contribution in [0.4, 0.5) is 0 Å². The Hall–Kier alpha value is -4.76. The molecule has 0 aliphatic heterocycles. The van der Waals surface area contributed by atoms with Gasteiger partial charge in [0.05, 0.1) is 14.2 Å². The molecule has 0 amide bonds. The summed E-state index contributed by atoms with van der Waals surface area (Å²) >= 11 is 0. The van der Waals surface area contributed by atoms with Crippen LogP contribution >= 0.6 is 0 Å². The quantitative estimate of drug-likeness (QED) is 0.237. The first-order chi connectivity index (χ1) is 18.3. The number of fused-ring (bicyclic) bond motifs is 1. The molecule has 1 heterocycles. The highest BCUT2D eigenvalue weighted by molar-refractivity contribution is 6.16. The molecular weight excluding hydrogens is 456 g/mol. The van der Waals surface area contributed by atoms with E-state index in [-0.39, 0.29) is 0 Å². The maximum Gasteiger partial charge on any atom is 0.143 e. The first kappa shape index (κ1) is 22.7. The molecule has 180 valence electrons. The summed E-state index contributed by atoms with van der Waals surface area (Å²) in [6.45, 7) is 0. The highest BCUT2D eigenvalue weighted by atomic mass is 16.5. The Kier molecular flexibility index (Phi) is 5.95. The van der Waals surface area contributed by atoms with Gasteiger partial charge in [0.15, 0.2) is 0 Å². The van der Waals surface area contributed by atoms with Crippen LogP contribution in [0.3, 0.4) is 0 Å². The van der Waals surface area contributed by atoms with E-state index in [2.05, 4.69) is 60.7 Å². The molecule has 0 radical (unpaired) electrons. The van der Waals surface area contributed by atoms with Crippen molar-refractivity contribution in [2.75, 3.05) is 14.2 Å². The van der Waals surface area contributed by atoms with E-state index in [1.807, 2.05) is 60.7 Å². The zero-order valence-corrected chi connectivity index (χ0v) is 20.8. The summed E-state index contributed by atoms with van der Waals surface area (Å²) in [5.74, 6) is 3.37. The van der Waals surface area contributed by atoms with Gasteiger partial charge in [-0.1, -0.05) is 97.1 Å². The Bertz CT molecular complexity index is 1520. The fourth-order valence-electron chi connectivity index (χ4n) is 4.89. The molecule has 0 saturated heterocycles. The maximum atomic E-state index is 6.80. The molecular formula is C34H26O3. The monoisotopic (exact) mass is 482 g/mol. The van der Waals surface area contributed by atoms with E-state index in [0.29, 0.717) is 0 Å². The molecule has 0 aliphatic carbocycles. The fourth-order valence-corrected chi connectivity index (χ4v) is 4.89. The molecule has 3 nitrogen and oxygen atoms in total. The lowest BCUT2D eigenvalue weighted by molar-refractivity contribution is 0.415. The molecule has 3 heteroatoms. The van der Waals surface area contributed by atoms with E-state index in [1.54, 1.807) is 14.2 Å². The topological polar surface area (TPSA) is 31.6 Å². The minimum Gasteiger partial charge on any atom is -0.497 e. The molecule has 0 unspecified atom stereocenters. The fraction of sp³-hybridized carbons (Fsp3) is 0.0588. The van der Waals surface area contributed by atoms with Gasteiger partial charge >= 0.3 is 0 Å². The number of benzene rings is 5. The second-order valence-electron chi connectivity index (χ2n) is 8.86. The summed E-state index contributed by atoms with van der Waals surface area (Å²) in [5, 5.41) is 2.17. The van der Waals surface area contributed by atoms with Crippen LogP contribution in [0.25, 0.3) is 55.7 Å². The minimum atomic E-state index is 0.829. The zero-order chi connectivity index (χ0) is 25.2. The lowest BCUT2D eigenvalue weighted by Crippen LogP contribution is -1.88. The number of furan rings is 1. The Balaban J connectivity index is 1.72. The lowest BCUT2D eigenvalue weighted by Gasteiger charge is -2.12. The van der Waals surface area contributed by atoms with Crippen molar-refractivity contribution in [3.8, 4) is 56.4 Å². The first-order valence-electron chi connectivity index (χ1n) is 12.3. The summed E-state index contributed by atoms with van der Waals surface area (Å²) in [6, 6.07) is 41.4. The Morgan fingerprint density at radius 1 is 0.405 bits per heavy atom. The number of hydrogen-bond acceptors (Lipinski definition) is 3. The highest BCUT2D eigenvalue weighted by Crippen LogP contribution is 2.48. The standard InChI is InChI=1S/C34H26O3/c1-35-27-17-13-23(14-18-27)29-21-22-30(24-15-19-28(36-2)20-16-24)32-31(29)33(25-9-5-3-6-10-25)37-34(32)26-11-7-4-8-12-26/h3-22H,1-2H3. The normalized spacial score (nSPS) is 11.0. The van der Waals surface area contributed by atoms with Crippen LogP contribution in [0.2, 0.25) is 0 Å². The van der Waals surface area contributed by atoms with Crippen LogP contribution in [0, 0.1) is 0 Å². The molecule has 0 aliphatic rings. The van der Waals surface area contributed by atoms with Gasteiger partial charge < -0.3 is 13.9 Å². The van der Waals surface area contributed by atoms with Gasteiger partial charge in [-0.15, -0.1) is 0 Å². The van der Waals surface area contributed by atoms with Gasteiger partial charge in [-0.3, -0.25) is 0 Å². The second kappa shape index (κ2) is 9.71. The highest BCUT2D eigenvalue weighted by Gasteiger charge is 2.23. The van der Waals surface area contributed by atoms with Crippen LogP contribution in [0.5, 0.6) is 11.5 Å². The third-order valence-corrected chi connectivity index (χ3v) is 6.74. The Morgan fingerprint density at radius 3 is 1.14 bits per heavy atom. The number of ether oxygens (including phenoxy) is 2. The van der Waals surface area contributed by atoms with Gasteiger partial charge in [0.25, 0.3) is 0 Å². The first-order valence-corrected chi connectivity index (χ1v) is 12.3. The van der Waals surface area contributed by atoms with Gasteiger partial charge in [0, 0.05) is 21.9 Å². The van der Waals surface area contributed by atoms with Crippen molar-refractivity contribution >= 4 is 10.8 Å². The smallest absolute Gasteiger partial charge is 0.143 e. The van der Waals surface area contributed by atoms with Crippen LogP contribution in [-0.2, 0) is 0 Å². The van der Waals surface area contributed by atoms with Crippen LogP contribution in [0.15, 0.2) is 126 Å². The van der Waals surface area contributed by atoms with Crippen molar-refractivity contribution in [1.29, 1.82) is 0 Å². The molecule has 0 spiro atoms. The molecule has 0 N–H and O–H groups in total. The van der Waals surface area contributed by atoms with Crippen LogP contribution < -0.4 is 9.47 Å². The third kappa shape index (κ3) is 4.15. The van der Waals surface area contributed by atoms with Gasteiger partial charge in [-0.2, -0.15) is 0 Å². The molecule has 6 aromatic rings. The third-order valence-electron chi connectivity index (χ3n) is 6.74. The number of methoxy groups -OCH3 is 2. The molecule has 0 bridgehead atoms. The molecule has 37 heavy (non-hydrogen) atoms. The van der Waals surface area contributed by atoms with Crippen LogP contribution in [0.1, 0.15) is 0 Å². The van der Waals surface area contributed by atoms with Gasteiger partial charge in [-0.25, -0.2) is 0 Å². The molecule has 0 saturated carbocycles. The SMILES string of the molecule is COc1ccc(-c2ccc(-c3ccc(OC)cc3)c3c(-c4ccccc4)oc(-c4ccccc4)c23)cc1. The average Bonchev–Trinajstić information content (AvgIpc) is 3.39. The molecule has 0 fully saturated rings. The lowest BCUT2D eigenvalue weighted by atomic mass is 9.90. The summed E-state index contributed by atoms with van der Waals surface area (Å²) in [6.07, 6.45) is 0. The minimum absolute atomic E-state index is 0.829. The number of rotatable bonds is 6. The molecule has 5 aromatic carbocycles. The summed E-state index contributed by atoms with van der Waals surface area (Å²) in [5.41, 5.74) is 6.50. The molecule has 1 aromatic heterocycles. The molecule has 6 rings (SSSR count). The van der Waals surface area contributed by atoms with Crippen molar-refractivity contribution in [3.05, 3.63) is 121 Å². The van der Waals surface area contributed by atoms with Gasteiger partial charge in [0.2, 0.25) is 0 Å². The van der Waals surface area contributed by atoms with Gasteiger partial charge in [0.1, 0.15) is 23.0 Å². The van der Waals surface area contributed by atoms with Gasteiger partial charge in [-0.05, 0) is 46.5 Å². The van der Waals surface area contributed by atoms with Crippen molar-refractivity contribution < 1.29 is 13.9 Å². The Morgan fingerprint density at radius 2 is 0.784 bits per heavy atom. The van der Waals surface area contributed by atoms with E-state index in [1.165, 1.54) is 0 Å². The second-order valence-corrected chi connectivity index (χ2v) is 8.86. The number of hydrogen-bond donors (Lipinski definition) is 0. The van der Waals surface area contributed by atoms with Crippen molar-refractivity contribution in [2.45, 2.75) is 0 Å². The summed E-state index contributed by atoms with van der Waals surface area (Å²) in [7, 11) is 3.37. The largest absolute Gasteiger partial charge is 0.497 e. The summed E-state index contributed by atoms with van der Waals surface area (Å²) in [4.78, 5) is 0. The van der Waals surface area contributed by atoms with Crippen molar-refractivity contribution in [2.24, 2.45) is 0 Å². The van der Waals surface area contributed by atoms with E-state index in [4.69, 9.17) is 13.9 Å². The van der Waals surface area contributed by atoms with E-state index >= 15 is 0 Å². The Labute approximate surface area is 216 Å². The zero-order valence-electron chi connectivity index (χ0n) is 20.8. The van der Waals surface area contributed by atoms with E-state index in [9.17, 15) is 0 Å². The van der Waals surface area contributed by atoms with E-state index < -0.39 is 0 Å². The van der Waals surface area contributed by atoms with E-state index in [0.717, 1.165) is 67.2 Å². The maximum absolute atomic E-state index is 6.80. The summed E-state index contributed by atoms with van der Waals surface area (Å²) < 4.78 is 17.6. The van der Waals surface area contributed by atoms with Crippen LogP contribution in [-0.4, -0.2) is 14.2 Å². The molecule has 0 atom stereocenters.